The van der Waals surface area contributed by atoms with E-state index in [2.05, 4.69) is 23.5 Å². The van der Waals surface area contributed by atoms with E-state index in [1.54, 1.807) is 0 Å². The third-order valence-corrected chi connectivity index (χ3v) is 6.49. The maximum absolute atomic E-state index is 11.9. The Hall–Kier alpha value is -1.07. The molecule has 0 saturated heterocycles. The number of ether oxygens (including phenoxy) is 1. The lowest BCUT2D eigenvalue weighted by Crippen LogP contribution is -2.46. The summed E-state index contributed by atoms with van der Waals surface area (Å²) in [5.41, 5.74) is 2.59. The minimum Gasteiger partial charge on any atom is -0.493 e. The molecule has 1 N–H and O–H groups in total. The Morgan fingerprint density at radius 2 is 2.09 bits per heavy atom. The van der Waals surface area contributed by atoms with Crippen molar-refractivity contribution in [1.29, 1.82) is 0 Å². The van der Waals surface area contributed by atoms with Crippen molar-refractivity contribution in [3.63, 3.8) is 0 Å². The maximum atomic E-state index is 11.9. The molecule has 1 aliphatic heterocycles. The molecule has 5 heteroatoms. The molecule has 0 aromatic heterocycles. The van der Waals surface area contributed by atoms with Crippen molar-refractivity contribution >= 4 is 9.84 Å². The Morgan fingerprint density at radius 1 is 1.27 bits per heavy atom. The smallest absolute Gasteiger partial charge is 0.151 e. The van der Waals surface area contributed by atoms with Crippen molar-refractivity contribution < 1.29 is 13.2 Å². The molecule has 1 heterocycles. The predicted octanol–water partition coefficient (Wildman–Crippen LogP) is 2.11. The van der Waals surface area contributed by atoms with Crippen LogP contribution >= 0.6 is 0 Å². The summed E-state index contributed by atoms with van der Waals surface area (Å²) in [4.78, 5) is 0. The third kappa shape index (κ3) is 3.63. The van der Waals surface area contributed by atoms with Crippen LogP contribution in [0.5, 0.6) is 5.75 Å². The maximum Gasteiger partial charge on any atom is 0.151 e. The molecule has 0 amide bonds. The van der Waals surface area contributed by atoms with Crippen molar-refractivity contribution in [3.05, 3.63) is 29.3 Å². The van der Waals surface area contributed by atoms with Crippen molar-refractivity contribution in [2.75, 3.05) is 19.4 Å². The largest absolute Gasteiger partial charge is 0.493 e. The van der Waals surface area contributed by atoms with Crippen LogP contribution in [0.3, 0.4) is 0 Å². The molecule has 1 saturated carbocycles. The van der Waals surface area contributed by atoms with Crippen molar-refractivity contribution in [1.82, 2.24) is 5.32 Å². The van der Waals surface area contributed by atoms with E-state index in [-0.39, 0.29) is 11.3 Å². The van der Waals surface area contributed by atoms with E-state index < -0.39 is 9.84 Å². The molecule has 1 aromatic rings. The third-order valence-electron chi connectivity index (χ3n) is 4.83. The second kappa shape index (κ2) is 6.59. The first-order valence-corrected chi connectivity index (χ1v) is 10.2. The highest BCUT2D eigenvalue weighted by atomic mass is 32.2. The van der Waals surface area contributed by atoms with Gasteiger partial charge in [0.1, 0.15) is 5.75 Å². The summed E-state index contributed by atoms with van der Waals surface area (Å²) in [6, 6.07) is 6.50. The van der Waals surface area contributed by atoms with Crippen LogP contribution in [-0.4, -0.2) is 39.1 Å². The fourth-order valence-corrected chi connectivity index (χ4v) is 5.06. The van der Waals surface area contributed by atoms with Gasteiger partial charge in [0, 0.05) is 18.7 Å². The monoisotopic (exact) mass is 323 g/mol. The van der Waals surface area contributed by atoms with Gasteiger partial charge >= 0.3 is 0 Å². The zero-order chi connectivity index (χ0) is 15.6. The Labute approximate surface area is 133 Å². The van der Waals surface area contributed by atoms with Crippen LogP contribution in [0, 0.1) is 0 Å². The molecule has 1 fully saturated rings. The Morgan fingerprint density at radius 3 is 2.91 bits per heavy atom. The van der Waals surface area contributed by atoms with Gasteiger partial charge in [-0.3, -0.25) is 0 Å². The van der Waals surface area contributed by atoms with E-state index in [0.29, 0.717) is 0 Å². The fraction of sp³-hybridized carbons (Fsp3) is 0.647. The van der Waals surface area contributed by atoms with E-state index in [1.807, 2.05) is 0 Å². The molecule has 1 aliphatic carbocycles. The quantitative estimate of drug-likeness (QED) is 0.902. The van der Waals surface area contributed by atoms with Gasteiger partial charge in [-0.15, -0.1) is 0 Å². The first-order chi connectivity index (χ1) is 10.5. The number of hydrogen-bond acceptors (Lipinski definition) is 4. The summed E-state index contributed by atoms with van der Waals surface area (Å²) in [5, 5.41) is 3.27. The second-order valence-electron chi connectivity index (χ2n) is 6.50. The lowest BCUT2D eigenvalue weighted by atomic mass is 9.94. The highest BCUT2D eigenvalue weighted by molar-refractivity contribution is 7.91. The zero-order valence-electron chi connectivity index (χ0n) is 13.2. The zero-order valence-corrected chi connectivity index (χ0v) is 14.0. The molecular formula is C17H25NO3S. The lowest BCUT2D eigenvalue weighted by molar-refractivity contribution is 0.356. The van der Waals surface area contributed by atoms with Crippen LogP contribution in [0.25, 0.3) is 0 Å². The molecule has 22 heavy (non-hydrogen) atoms. The predicted molar refractivity (Wildman–Crippen MR) is 88.2 cm³/mol. The molecule has 0 bridgehead atoms. The van der Waals surface area contributed by atoms with Gasteiger partial charge < -0.3 is 10.1 Å². The van der Waals surface area contributed by atoms with Crippen LogP contribution in [0.4, 0.5) is 0 Å². The van der Waals surface area contributed by atoms with Gasteiger partial charge in [0.25, 0.3) is 0 Å². The fourth-order valence-electron chi connectivity index (χ4n) is 3.64. The molecular weight excluding hydrogens is 298 g/mol. The van der Waals surface area contributed by atoms with Gasteiger partial charge in [-0.1, -0.05) is 25.0 Å². The number of hydrogen-bond donors (Lipinski definition) is 1. The number of rotatable bonds is 5. The van der Waals surface area contributed by atoms with Crippen molar-refractivity contribution in [3.8, 4) is 5.75 Å². The van der Waals surface area contributed by atoms with Gasteiger partial charge in [0.05, 0.1) is 11.9 Å². The van der Waals surface area contributed by atoms with Gasteiger partial charge in [-0.25, -0.2) is 8.42 Å². The van der Waals surface area contributed by atoms with Gasteiger partial charge in [-0.05, 0) is 43.0 Å². The number of sulfone groups is 1. The summed E-state index contributed by atoms with van der Waals surface area (Å²) < 4.78 is 29.3. The summed E-state index contributed by atoms with van der Waals surface area (Å²) in [5.74, 6) is 1.01. The molecule has 0 unspecified atom stereocenters. The average molecular weight is 323 g/mol. The van der Waals surface area contributed by atoms with Gasteiger partial charge in [0.2, 0.25) is 0 Å². The molecule has 2 atom stereocenters. The van der Waals surface area contributed by atoms with Crippen LogP contribution < -0.4 is 10.1 Å². The number of benzene rings is 1. The minimum atomic E-state index is -2.96. The summed E-state index contributed by atoms with van der Waals surface area (Å²) in [6.07, 6.45) is 7.22. The first-order valence-electron chi connectivity index (χ1n) is 8.21. The van der Waals surface area contributed by atoms with E-state index in [9.17, 15) is 8.42 Å². The minimum absolute atomic E-state index is 0.113. The SMILES string of the molecule is CS(=O)(=O)[C@@H]1CCCC[C@H]1NCCc1ccc2c(c1)CCO2. The molecule has 122 valence electrons. The highest BCUT2D eigenvalue weighted by Gasteiger charge is 2.32. The van der Waals surface area contributed by atoms with Crippen LogP contribution in [-0.2, 0) is 22.7 Å². The average Bonchev–Trinajstić information content (AvgIpc) is 2.94. The number of nitrogens with one attached hydrogen (secondary N) is 1. The van der Waals surface area contributed by atoms with Gasteiger partial charge in [-0.2, -0.15) is 0 Å². The lowest BCUT2D eigenvalue weighted by Gasteiger charge is -2.31. The Balaban J connectivity index is 1.55. The molecule has 4 nitrogen and oxygen atoms in total. The molecule has 3 rings (SSSR count). The molecule has 0 spiro atoms. The van der Waals surface area contributed by atoms with E-state index in [4.69, 9.17) is 4.74 Å². The van der Waals surface area contributed by atoms with Crippen molar-refractivity contribution in [2.45, 2.75) is 49.8 Å². The topological polar surface area (TPSA) is 55.4 Å². The van der Waals surface area contributed by atoms with E-state index in [0.717, 1.165) is 57.4 Å². The highest BCUT2D eigenvalue weighted by Crippen LogP contribution is 2.26. The summed E-state index contributed by atoms with van der Waals surface area (Å²) >= 11 is 0. The van der Waals surface area contributed by atoms with Gasteiger partial charge in [0.15, 0.2) is 9.84 Å². The van der Waals surface area contributed by atoms with Crippen molar-refractivity contribution in [2.24, 2.45) is 0 Å². The van der Waals surface area contributed by atoms with E-state index >= 15 is 0 Å². The first kappa shape index (κ1) is 15.8. The Kier molecular flexibility index (Phi) is 4.73. The molecule has 0 radical (unpaired) electrons. The van der Waals surface area contributed by atoms with E-state index in [1.165, 1.54) is 17.4 Å². The molecule has 1 aromatic carbocycles. The number of fused-ring (bicyclic) bond motifs is 1. The van der Waals surface area contributed by atoms with Crippen LogP contribution in [0.2, 0.25) is 0 Å². The molecule has 2 aliphatic rings. The summed E-state index contributed by atoms with van der Waals surface area (Å²) in [7, 11) is -2.96. The normalized spacial score (nSPS) is 24.8. The Bertz CT molecular complexity index is 627. The second-order valence-corrected chi connectivity index (χ2v) is 8.77. The van der Waals surface area contributed by atoms with Crippen LogP contribution in [0.15, 0.2) is 18.2 Å². The standard InChI is InChI=1S/C17H25NO3S/c1-22(19,20)17-5-3-2-4-15(17)18-10-8-13-6-7-16-14(12-13)9-11-21-16/h6-7,12,15,17-18H,2-5,8-11H2,1H3/t15-,17-/m1/s1. The summed E-state index contributed by atoms with van der Waals surface area (Å²) in [6.45, 7) is 1.62. The van der Waals surface area contributed by atoms with Crippen LogP contribution in [0.1, 0.15) is 36.8 Å².